The summed E-state index contributed by atoms with van der Waals surface area (Å²) in [6.45, 7) is 0.0896. The van der Waals surface area contributed by atoms with Crippen LogP contribution in [-0.4, -0.2) is 19.9 Å². The number of hydrogen-bond donors (Lipinski definition) is 1. The van der Waals surface area contributed by atoms with Crippen molar-refractivity contribution in [1.29, 1.82) is 5.26 Å². The zero-order valence-corrected chi connectivity index (χ0v) is 11.2. The molecule has 19 heavy (non-hydrogen) atoms. The van der Waals surface area contributed by atoms with Crippen LogP contribution in [0.15, 0.2) is 23.1 Å². The minimum absolute atomic E-state index is 0.0896. The van der Waals surface area contributed by atoms with Crippen LogP contribution in [0.25, 0.3) is 0 Å². The first-order valence-corrected chi connectivity index (χ1v) is 7.05. The Balaban J connectivity index is 2.93. The van der Waals surface area contributed by atoms with Gasteiger partial charge in [0.1, 0.15) is 5.02 Å². The average molecular weight is 304 g/mol. The Bertz CT molecular complexity index is 624. The number of nitriles is 1. The van der Waals surface area contributed by atoms with Gasteiger partial charge in [0.25, 0.3) is 5.69 Å². The van der Waals surface area contributed by atoms with Crippen LogP contribution in [0.3, 0.4) is 0 Å². The lowest BCUT2D eigenvalue weighted by Gasteiger charge is -2.06. The van der Waals surface area contributed by atoms with Gasteiger partial charge in [-0.3, -0.25) is 10.1 Å². The number of sulfonamides is 1. The Morgan fingerprint density at radius 2 is 2.16 bits per heavy atom. The van der Waals surface area contributed by atoms with Crippen LogP contribution in [0.4, 0.5) is 5.69 Å². The third kappa shape index (κ3) is 4.17. The monoisotopic (exact) mass is 303 g/mol. The smallest absolute Gasteiger partial charge is 0.258 e. The predicted molar refractivity (Wildman–Crippen MR) is 68.1 cm³/mol. The summed E-state index contributed by atoms with van der Waals surface area (Å²) < 4.78 is 25.9. The summed E-state index contributed by atoms with van der Waals surface area (Å²) in [7, 11) is -3.84. The first-order chi connectivity index (χ1) is 8.88. The van der Waals surface area contributed by atoms with Crippen molar-refractivity contribution in [1.82, 2.24) is 4.72 Å². The molecule has 9 heteroatoms. The Kier molecular flexibility index (Phi) is 5.23. The maximum absolute atomic E-state index is 11.8. The molecule has 0 saturated heterocycles. The highest BCUT2D eigenvalue weighted by atomic mass is 35.5. The lowest BCUT2D eigenvalue weighted by atomic mass is 10.3. The molecule has 0 unspecified atom stereocenters. The molecular formula is C10H10ClN3O4S. The van der Waals surface area contributed by atoms with E-state index in [-0.39, 0.29) is 22.9 Å². The second-order valence-corrected chi connectivity index (χ2v) is 5.70. The molecular weight excluding hydrogens is 294 g/mol. The Hall–Kier alpha value is -1.69. The minimum Gasteiger partial charge on any atom is -0.258 e. The van der Waals surface area contributed by atoms with Gasteiger partial charge in [-0.25, -0.2) is 13.1 Å². The standard InChI is InChI=1S/C10H10ClN3O4S/c11-9-4-3-8(7-10(9)14(15)16)19(17,18)13-6-2-1-5-12/h3-4,7,13H,1-2,6H2. The van der Waals surface area contributed by atoms with E-state index in [0.717, 1.165) is 12.1 Å². The molecule has 0 radical (unpaired) electrons. The van der Waals surface area contributed by atoms with E-state index in [1.54, 1.807) is 0 Å². The molecule has 0 aliphatic carbocycles. The van der Waals surface area contributed by atoms with Crippen molar-refractivity contribution in [3.05, 3.63) is 33.3 Å². The van der Waals surface area contributed by atoms with E-state index in [1.165, 1.54) is 6.07 Å². The molecule has 0 spiro atoms. The van der Waals surface area contributed by atoms with Gasteiger partial charge in [0.05, 0.1) is 15.9 Å². The number of halogens is 1. The van der Waals surface area contributed by atoms with Crippen LogP contribution in [-0.2, 0) is 10.0 Å². The third-order valence-electron chi connectivity index (χ3n) is 2.18. The van der Waals surface area contributed by atoms with Crippen molar-refractivity contribution in [3.8, 4) is 6.07 Å². The van der Waals surface area contributed by atoms with Gasteiger partial charge in [-0.05, 0) is 18.6 Å². The molecule has 1 aromatic carbocycles. The van der Waals surface area contributed by atoms with Crippen molar-refractivity contribution >= 4 is 27.3 Å². The summed E-state index contributed by atoms with van der Waals surface area (Å²) >= 11 is 5.59. The highest BCUT2D eigenvalue weighted by Crippen LogP contribution is 2.26. The van der Waals surface area contributed by atoms with E-state index in [2.05, 4.69) is 4.72 Å². The lowest BCUT2D eigenvalue weighted by Crippen LogP contribution is -2.24. The van der Waals surface area contributed by atoms with Crippen LogP contribution in [0.5, 0.6) is 0 Å². The van der Waals surface area contributed by atoms with Crippen molar-refractivity contribution < 1.29 is 13.3 Å². The molecule has 1 rings (SSSR count). The van der Waals surface area contributed by atoms with Gasteiger partial charge in [-0.1, -0.05) is 11.6 Å². The molecule has 0 heterocycles. The van der Waals surface area contributed by atoms with Crippen LogP contribution >= 0.6 is 11.6 Å². The molecule has 1 aromatic rings. The maximum atomic E-state index is 11.8. The number of nitrogens with one attached hydrogen (secondary N) is 1. The molecule has 0 aliphatic heterocycles. The fourth-order valence-corrected chi connectivity index (χ4v) is 2.54. The van der Waals surface area contributed by atoms with Gasteiger partial charge in [0.2, 0.25) is 10.0 Å². The number of unbranched alkanes of at least 4 members (excludes halogenated alkanes) is 1. The number of hydrogen-bond acceptors (Lipinski definition) is 5. The maximum Gasteiger partial charge on any atom is 0.289 e. The van der Waals surface area contributed by atoms with Crippen molar-refractivity contribution in [3.63, 3.8) is 0 Å². The SMILES string of the molecule is N#CCCCNS(=O)(=O)c1ccc(Cl)c([N+](=O)[O-])c1. The van der Waals surface area contributed by atoms with E-state index in [1.807, 2.05) is 6.07 Å². The average Bonchev–Trinajstić information content (AvgIpc) is 2.34. The first-order valence-electron chi connectivity index (χ1n) is 5.19. The van der Waals surface area contributed by atoms with Gasteiger partial charge in [-0.15, -0.1) is 0 Å². The lowest BCUT2D eigenvalue weighted by molar-refractivity contribution is -0.384. The molecule has 7 nitrogen and oxygen atoms in total. The first kappa shape index (κ1) is 15.4. The number of nitrogens with zero attached hydrogens (tertiary/aromatic N) is 2. The molecule has 0 saturated carbocycles. The third-order valence-corrected chi connectivity index (χ3v) is 3.96. The Morgan fingerprint density at radius 3 is 2.74 bits per heavy atom. The van der Waals surface area contributed by atoms with Crippen molar-refractivity contribution in [2.75, 3.05) is 6.54 Å². The van der Waals surface area contributed by atoms with Crippen LogP contribution in [0, 0.1) is 21.4 Å². The van der Waals surface area contributed by atoms with E-state index in [4.69, 9.17) is 16.9 Å². The Labute approximate surface area is 115 Å². The van der Waals surface area contributed by atoms with Crippen LogP contribution < -0.4 is 4.72 Å². The minimum atomic E-state index is -3.84. The highest BCUT2D eigenvalue weighted by molar-refractivity contribution is 7.89. The second kappa shape index (κ2) is 6.47. The summed E-state index contributed by atoms with van der Waals surface area (Å²) in [5, 5.41) is 18.9. The Morgan fingerprint density at radius 1 is 1.47 bits per heavy atom. The van der Waals surface area contributed by atoms with Crippen molar-refractivity contribution in [2.24, 2.45) is 0 Å². The predicted octanol–water partition coefficient (Wildman–Crippen LogP) is 1.83. The fourth-order valence-electron chi connectivity index (χ4n) is 1.26. The van der Waals surface area contributed by atoms with E-state index >= 15 is 0 Å². The van der Waals surface area contributed by atoms with Crippen molar-refractivity contribution in [2.45, 2.75) is 17.7 Å². The zero-order chi connectivity index (χ0) is 14.5. The van der Waals surface area contributed by atoms with Gasteiger partial charge >= 0.3 is 0 Å². The molecule has 0 bridgehead atoms. The van der Waals surface area contributed by atoms with Gasteiger partial charge in [0.15, 0.2) is 0 Å². The quantitative estimate of drug-likeness (QED) is 0.489. The number of nitro benzene ring substituents is 1. The molecule has 0 aliphatic rings. The summed E-state index contributed by atoms with van der Waals surface area (Å²) in [5.74, 6) is 0. The van der Waals surface area contributed by atoms with Gasteiger partial charge in [-0.2, -0.15) is 5.26 Å². The fraction of sp³-hybridized carbons (Fsp3) is 0.300. The number of benzene rings is 1. The molecule has 0 aromatic heterocycles. The van der Waals surface area contributed by atoms with E-state index in [9.17, 15) is 18.5 Å². The van der Waals surface area contributed by atoms with Crippen LogP contribution in [0.1, 0.15) is 12.8 Å². The number of rotatable bonds is 6. The zero-order valence-electron chi connectivity index (χ0n) is 9.67. The van der Waals surface area contributed by atoms with Crippen LogP contribution in [0.2, 0.25) is 5.02 Å². The summed E-state index contributed by atoms with van der Waals surface area (Å²) in [5.41, 5.74) is -0.471. The summed E-state index contributed by atoms with van der Waals surface area (Å²) in [6, 6.07) is 5.12. The molecule has 102 valence electrons. The number of nitro groups is 1. The summed E-state index contributed by atoms with van der Waals surface area (Å²) in [4.78, 5) is 9.68. The second-order valence-electron chi connectivity index (χ2n) is 3.53. The van der Waals surface area contributed by atoms with Gasteiger partial charge < -0.3 is 0 Å². The van der Waals surface area contributed by atoms with E-state index < -0.39 is 20.6 Å². The largest absolute Gasteiger partial charge is 0.289 e. The molecule has 0 fully saturated rings. The van der Waals surface area contributed by atoms with E-state index in [0.29, 0.717) is 6.42 Å². The highest BCUT2D eigenvalue weighted by Gasteiger charge is 2.20. The summed E-state index contributed by atoms with van der Waals surface area (Å²) in [6.07, 6.45) is 0.592. The normalized spacial score (nSPS) is 10.9. The van der Waals surface area contributed by atoms with Gasteiger partial charge in [0, 0.05) is 19.0 Å². The topological polar surface area (TPSA) is 113 Å². The molecule has 1 N–H and O–H groups in total. The molecule has 0 amide bonds. The molecule has 0 atom stereocenters.